The van der Waals surface area contributed by atoms with E-state index in [1.165, 1.54) is 16.4 Å². The molecular formula is C10H9IN4. The van der Waals surface area contributed by atoms with E-state index in [0.717, 1.165) is 11.5 Å². The highest BCUT2D eigenvalue weighted by Gasteiger charge is 2.30. The van der Waals surface area contributed by atoms with Crippen molar-refractivity contribution >= 4 is 22.6 Å². The number of halogens is 1. The van der Waals surface area contributed by atoms with Gasteiger partial charge in [-0.05, 0) is 58.0 Å². The molecule has 15 heavy (non-hydrogen) atoms. The monoisotopic (exact) mass is 312 g/mol. The minimum Gasteiger partial charge on any atom is -0.196 e. The maximum absolute atomic E-state index is 4.09. The Hall–Kier alpha value is -0.980. The molecule has 1 heterocycles. The van der Waals surface area contributed by atoms with E-state index < -0.39 is 0 Å². The Balaban J connectivity index is 2.12. The van der Waals surface area contributed by atoms with Gasteiger partial charge in [0.15, 0.2) is 5.82 Å². The summed E-state index contributed by atoms with van der Waals surface area (Å²) in [5, 5.41) is 11.9. The molecule has 0 spiro atoms. The van der Waals surface area contributed by atoms with Gasteiger partial charge in [0.25, 0.3) is 0 Å². The van der Waals surface area contributed by atoms with Gasteiger partial charge in [0.05, 0.1) is 5.69 Å². The standard InChI is InChI=1S/C10H9IN4/c11-8-3-1-2-4-9(8)15-10(7-5-6-7)12-13-14-15/h1-4,7H,5-6H2. The van der Waals surface area contributed by atoms with Crippen molar-refractivity contribution in [2.75, 3.05) is 0 Å². The third-order valence-corrected chi connectivity index (χ3v) is 3.43. The second-order valence-corrected chi connectivity index (χ2v) is 4.84. The molecule has 1 aromatic carbocycles. The molecule has 0 N–H and O–H groups in total. The molecule has 1 aliphatic carbocycles. The molecule has 0 radical (unpaired) electrons. The molecule has 0 saturated heterocycles. The highest BCUT2D eigenvalue weighted by molar-refractivity contribution is 14.1. The topological polar surface area (TPSA) is 43.6 Å². The molecule has 3 rings (SSSR count). The fraction of sp³-hybridized carbons (Fsp3) is 0.300. The van der Waals surface area contributed by atoms with Gasteiger partial charge in [0, 0.05) is 9.49 Å². The summed E-state index contributed by atoms with van der Waals surface area (Å²) in [6.07, 6.45) is 2.42. The molecule has 0 bridgehead atoms. The van der Waals surface area contributed by atoms with E-state index in [9.17, 15) is 0 Å². The first kappa shape index (κ1) is 9.26. The highest BCUT2D eigenvalue weighted by Crippen LogP contribution is 2.39. The van der Waals surface area contributed by atoms with Crippen LogP contribution in [-0.4, -0.2) is 20.2 Å². The van der Waals surface area contributed by atoms with Crippen LogP contribution in [0.25, 0.3) is 5.69 Å². The number of rotatable bonds is 2. The molecule has 1 aliphatic rings. The molecule has 0 amide bonds. The Morgan fingerprint density at radius 2 is 2.07 bits per heavy atom. The lowest BCUT2D eigenvalue weighted by molar-refractivity contribution is 0.760. The third-order valence-electron chi connectivity index (χ3n) is 2.52. The van der Waals surface area contributed by atoms with Gasteiger partial charge in [-0.15, -0.1) is 5.10 Å². The smallest absolute Gasteiger partial charge is 0.159 e. The van der Waals surface area contributed by atoms with E-state index in [1.54, 1.807) is 0 Å². The molecule has 2 aromatic rings. The van der Waals surface area contributed by atoms with Crippen LogP contribution in [0.2, 0.25) is 0 Å². The molecule has 0 atom stereocenters. The second kappa shape index (κ2) is 3.55. The number of para-hydroxylation sites is 1. The number of nitrogens with zero attached hydrogens (tertiary/aromatic N) is 4. The van der Waals surface area contributed by atoms with Crippen molar-refractivity contribution in [1.82, 2.24) is 20.2 Å². The van der Waals surface area contributed by atoms with Crippen molar-refractivity contribution in [3.05, 3.63) is 33.7 Å². The van der Waals surface area contributed by atoms with E-state index in [0.29, 0.717) is 5.92 Å². The van der Waals surface area contributed by atoms with Crippen molar-refractivity contribution in [2.45, 2.75) is 18.8 Å². The maximum Gasteiger partial charge on any atom is 0.159 e. The van der Waals surface area contributed by atoms with Crippen molar-refractivity contribution in [2.24, 2.45) is 0 Å². The van der Waals surface area contributed by atoms with Crippen LogP contribution in [0.3, 0.4) is 0 Å². The molecule has 1 fully saturated rings. The van der Waals surface area contributed by atoms with Gasteiger partial charge in [0.1, 0.15) is 0 Å². The summed E-state index contributed by atoms with van der Waals surface area (Å²) in [7, 11) is 0. The first-order valence-electron chi connectivity index (χ1n) is 4.89. The van der Waals surface area contributed by atoms with Crippen LogP contribution in [0, 0.1) is 3.57 Å². The van der Waals surface area contributed by atoms with Gasteiger partial charge in [-0.2, -0.15) is 4.68 Å². The number of tetrazole rings is 1. The van der Waals surface area contributed by atoms with Gasteiger partial charge < -0.3 is 0 Å². The van der Waals surface area contributed by atoms with Gasteiger partial charge in [0.2, 0.25) is 0 Å². The van der Waals surface area contributed by atoms with Gasteiger partial charge >= 0.3 is 0 Å². The molecule has 76 valence electrons. The van der Waals surface area contributed by atoms with E-state index in [2.05, 4.69) is 44.2 Å². The van der Waals surface area contributed by atoms with Crippen molar-refractivity contribution in [3.8, 4) is 5.69 Å². The number of hydrogen-bond acceptors (Lipinski definition) is 3. The minimum absolute atomic E-state index is 0.566. The first-order chi connectivity index (χ1) is 7.36. The van der Waals surface area contributed by atoms with Gasteiger partial charge in [-0.25, -0.2) is 0 Å². The summed E-state index contributed by atoms with van der Waals surface area (Å²) in [5.74, 6) is 1.56. The summed E-state index contributed by atoms with van der Waals surface area (Å²) in [5.41, 5.74) is 1.07. The fourth-order valence-corrected chi connectivity index (χ4v) is 2.20. The highest BCUT2D eigenvalue weighted by atomic mass is 127. The minimum atomic E-state index is 0.566. The molecule has 0 aliphatic heterocycles. The zero-order chi connectivity index (χ0) is 10.3. The van der Waals surface area contributed by atoms with Crippen molar-refractivity contribution in [1.29, 1.82) is 0 Å². The lowest BCUT2D eigenvalue weighted by Crippen LogP contribution is -2.03. The molecule has 0 unspecified atom stereocenters. The summed E-state index contributed by atoms with van der Waals surface area (Å²) in [6.45, 7) is 0. The quantitative estimate of drug-likeness (QED) is 0.798. The Bertz CT molecular complexity index is 490. The van der Waals surface area contributed by atoms with Crippen LogP contribution in [0.15, 0.2) is 24.3 Å². The number of hydrogen-bond donors (Lipinski definition) is 0. The molecule has 1 saturated carbocycles. The molecule has 1 aromatic heterocycles. The van der Waals surface area contributed by atoms with E-state index in [1.807, 2.05) is 22.9 Å². The Morgan fingerprint density at radius 3 is 2.80 bits per heavy atom. The van der Waals surface area contributed by atoms with Gasteiger partial charge in [-0.3, -0.25) is 0 Å². The van der Waals surface area contributed by atoms with Crippen LogP contribution in [-0.2, 0) is 0 Å². The Labute approximate surface area is 101 Å². The van der Waals surface area contributed by atoms with Crippen molar-refractivity contribution < 1.29 is 0 Å². The average Bonchev–Trinajstić information content (AvgIpc) is 2.98. The van der Waals surface area contributed by atoms with Crippen LogP contribution in [0.4, 0.5) is 0 Å². The SMILES string of the molecule is Ic1ccccc1-n1nnnc1C1CC1. The molecule has 4 nitrogen and oxygen atoms in total. The summed E-state index contributed by atoms with van der Waals surface area (Å²) >= 11 is 2.31. The predicted molar refractivity (Wildman–Crippen MR) is 63.8 cm³/mol. The predicted octanol–water partition coefficient (Wildman–Crippen LogP) is 2.14. The zero-order valence-electron chi connectivity index (χ0n) is 7.97. The van der Waals surface area contributed by atoms with Crippen LogP contribution >= 0.6 is 22.6 Å². The molecule has 5 heteroatoms. The van der Waals surface area contributed by atoms with Crippen LogP contribution in [0.1, 0.15) is 24.6 Å². The number of aromatic nitrogens is 4. The van der Waals surface area contributed by atoms with Gasteiger partial charge in [-0.1, -0.05) is 12.1 Å². The lowest BCUT2D eigenvalue weighted by Gasteiger charge is -2.05. The van der Waals surface area contributed by atoms with E-state index in [-0.39, 0.29) is 0 Å². The van der Waals surface area contributed by atoms with E-state index in [4.69, 9.17) is 0 Å². The summed E-state index contributed by atoms with van der Waals surface area (Å²) < 4.78 is 3.03. The normalized spacial score (nSPS) is 15.5. The zero-order valence-corrected chi connectivity index (χ0v) is 10.1. The van der Waals surface area contributed by atoms with E-state index >= 15 is 0 Å². The second-order valence-electron chi connectivity index (χ2n) is 3.67. The van der Waals surface area contributed by atoms with Crippen molar-refractivity contribution in [3.63, 3.8) is 0 Å². The van der Waals surface area contributed by atoms with Crippen LogP contribution in [0.5, 0.6) is 0 Å². The summed E-state index contributed by atoms with van der Waals surface area (Å²) in [4.78, 5) is 0. The number of benzene rings is 1. The first-order valence-corrected chi connectivity index (χ1v) is 5.97. The summed E-state index contributed by atoms with van der Waals surface area (Å²) in [6, 6.07) is 8.14. The maximum atomic E-state index is 4.09. The largest absolute Gasteiger partial charge is 0.196 e. The third kappa shape index (κ3) is 1.64. The fourth-order valence-electron chi connectivity index (χ4n) is 1.59. The lowest BCUT2D eigenvalue weighted by atomic mass is 10.3. The Morgan fingerprint density at radius 1 is 1.27 bits per heavy atom. The average molecular weight is 312 g/mol. The molecular weight excluding hydrogens is 303 g/mol. The Kier molecular flexibility index (Phi) is 2.19. The van der Waals surface area contributed by atoms with Crippen LogP contribution < -0.4 is 0 Å².